The zero-order chi connectivity index (χ0) is 11.6. The van der Waals surface area contributed by atoms with Crippen molar-refractivity contribution in [1.29, 1.82) is 0 Å². The Morgan fingerprint density at radius 1 is 1.38 bits per heavy atom. The van der Waals surface area contributed by atoms with E-state index in [1.807, 2.05) is 12.1 Å². The molecule has 1 heterocycles. The number of ether oxygens (including phenoxy) is 1. The van der Waals surface area contributed by atoms with Gasteiger partial charge in [-0.25, -0.2) is 0 Å². The molecule has 0 fully saturated rings. The third-order valence-electron chi connectivity index (χ3n) is 2.32. The fraction of sp³-hybridized carbons (Fsp3) is 0.615. The minimum Gasteiger partial charge on any atom is -0.491 e. The molecule has 0 saturated heterocycles. The van der Waals surface area contributed by atoms with Crippen molar-refractivity contribution in [2.45, 2.75) is 26.7 Å². The number of aromatic nitrogens is 1. The fourth-order valence-corrected chi connectivity index (χ4v) is 1.43. The Labute approximate surface area is 98.2 Å². The summed E-state index contributed by atoms with van der Waals surface area (Å²) in [6, 6.07) is 3.80. The van der Waals surface area contributed by atoms with E-state index in [1.54, 1.807) is 12.4 Å². The van der Waals surface area contributed by atoms with Crippen molar-refractivity contribution in [2.75, 3.05) is 19.7 Å². The first kappa shape index (κ1) is 13.0. The molecule has 0 radical (unpaired) electrons. The van der Waals surface area contributed by atoms with E-state index in [0.29, 0.717) is 6.61 Å². The van der Waals surface area contributed by atoms with Crippen molar-refractivity contribution in [3.63, 3.8) is 0 Å². The average molecular weight is 222 g/mol. The van der Waals surface area contributed by atoms with E-state index < -0.39 is 0 Å². The summed E-state index contributed by atoms with van der Waals surface area (Å²) in [4.78, 5) is 3.99. The first-order chi connectivity index (χ1) is 7.79. The van der Waals surface area contributed by atoms with Gasteiger partial charge in [-0.3, -0.25) is 4.98 Å². The Kier molecular flexibility index (Phi) is 6.58. The molecule has 3 heteroatoms. The summed E-state index contributed by atoms with van der Waals surface area (Å²) >= 11 is 0. The van der Waals surface area contributed by atoms with Crippen LogP contribution in [0.5, 0.6) is 5.75 Å². The summed E-state index contributed by atoms with van der Waals surface area (Å²) in [5, 5.41) is 3.37. The molecule has 0 aromatic carbocycles. The number of nitrogens with one attached hydrogen (secondary N) is 1. The fourth-order valence-electron chi connectivity index (χ4n) is 1.43. The van der Waals surface area contributed by atoms with Crippen LogP contribution in [0.2, 0.25) is 0 Å². The summed E-state index contributed by atoms with van der Waals surface area (Å²) in [6.45, 7) is 7.19. The van der Waals surface area contributed by atoms with E-state index in [9.17, 15) is 0 Å². The zero-order valence-corrected chi connectivity index (χ0v) is 10.3. The van der Waals surface area contributed by atoms with Crippen molar-refractivity contribution >= 4 is 0 Å². The maximum absolute atomic E-state index is 5.51. The van der Waals surface area contributed by atoms with Crippen LogP contribution < -0.4 is 10.1 Å². The van der Waals surface area contributed by atoms with E-state index in [2.05, 4.69) is 24.1 Å². The van der Waals surface area contributed by atoms with Gasteiger partial charge >= 0.3 is 0 Å². The van der Waals surface area contributed by atoms with Gasteiger partial charge in [0.05, 0.1) is 6.20 Å². The molecule has 1 aromatic rings. The molecule has 90 valence electrons. The van der Waals surface area contributed by atoms with Crippen LogP contribution in [-0.2, 0) is 0 Å². The normalized spacial score (nSPS) is 10.7. The van der Waals surface area contributed by atoms with Crippen LogP contribution in [0.1, 0.15) is 26.7 Å². The van der Waals surface area contributed by atoms with Gasteiger partial charge in [-0.05, 0) is 37.4 Å². The number of rotatable bonds is 8. The third kappa shape index (κ3) is 6.40. The number of hydrogen-bond acceptors (Lipinski definition) is 3. The smallest absolute Gasteiger partial charge is 0.137 e. The minimum absolute atomic E-state index is 0.702. The Balaban J connectivity index is 1.93. The standard InChI is InChI=1S/C13H22N2O/c1-12(2)5-3-7-14-9-10-16-13-6-4-8-15-11-13/h4,6,8,11-12,14H,3,5,7,9-10H2,1-2H3. The highest BCUT2D eigenvalue weighted by Gasteiger charge is 1.94. The summed E-state index contributed by atoms with van der Waals surface area (Å²) in [5.41, 5.74) is 0. The first-order valence-corrected chi connectivity index (χ1v) is 6.02. The molecule has 0 aliphatic rings. The highest BCUT2D eigenvalue weighted by atomic mass is 16.5. The molecule has 0 spiro atoms. The largest absolute Gasteiger partial charge is 0.491 e. The molecule has 1 N–H and O–H groups in total. The zero-order valence-electron chi connectivity index (χ0n) is 10.3. The third-order valence-corrected chi connectivity index (χ3v) is 2.32. The predicted molar refractivity (Wildman–Crippen MR) is 66.7 cm³/mol. The summed E-state index contributed by atoms with van der Waals surface area (Å²) < 4.78 is 5.51. The van der Waals surface area contributed by atoms with Gasteiger partial charge in [0.1, 0.15) is 12.4 Å². The molecule has 1 rings (SSSR count). The first-order valence-electron chi connectivity index (χ1n) is 6.02. The molecule has 0 atom stereocenters. The van der Waals surface area contributed by atoms with Gasteiger partial charge in [0, 0.05) is 12.7 Å². The van der Waals surface area contributed by atoms with Gasteiger partial charge in [-0.15, -0.1) is 0 Å². The molecular formula is C13H22N2O. The van der Waals surface area contributed by atoms with Gasteiger partial charge in [0.25, 0.3) is 0 Å². The van der Waals surface area contributed by atoms with E-state index in [0.717, 1.165) is 24.8 Å². The molecule has 0 unspecified atom stereocenters. The second kappa shape index (κ2) is 8.11. The summed E-state index contributed by atoms with van der Waals surface area (Å²) in [5.74, 6) is 1.64. The molecular weight excluding hydrogens is 200 g/mol. The lowest BCUT2D eigenvalue weighted by Gasteiger charge is -2.07. The van der Waals surface area contributed by atoms with Crippen molar-refractivity contribution < 1.29 is 4.74 Å². The van der Waals surface area contributed by atoms with Crippen molar-refractivity contribution in [1.82, 2.24) is 10.3 Å². The van der Waals surface area contributed by atoms with Crippen molar-refractivity contribution in [3.05, 3.63) is 24.5 Å². The molecule has 0 aliphatic heterocycles. The highest BCUT2D eigenvalue weighted by Crippen LogP contribution is 2.05. The Morgan fingerprint density at radius 3 is 2.94 bits per heavy atom. The quantitative estimate of drug-likeness (QED) is 0.686. The van der Waals surface area contributed by atoms with Crippen molar-refractivity contribution in [2.24, 2.45) is 5.92 Å². The van der Waals surface area contributed by atoms with Crippen LogP contribution in [-0.4, -0.2) is 24.7 Å². The maximum atomic E-state index is 5.51. The molecule has 16 heavy (non-hydrogen) atoms. The number of hydrogen-bond donors (Lipinski definition) is 1. The lowest BCUT2D eigenvalue weighted by atomic mass is 10.1. The Morgan fingerprint density at radius 2 is 2.25 bits per heavy atom. The van der Waals surface area contributed by atoms with Crippen molar-refractivity contribution in [3.8, 4) is 5.75 Å². The van der Waals surface area contributed by atoms with Crippen LogP contribution in [0.3, 0.4) is 0 Å². The highest BCUT2D eigenvalue weighted by molar-refractivity contribution is 5.15. The number of pyridine rings is 1. The monoisotopic (exact) mass is 222 g/mol. The van der Waals surface area contributed by atoms with Gasteiger partial charge < -0.3 is 10.1 Å². The molecule has 0 aliphatic carbocycles. The van der Waals surface area contributed by atoms with E-state index >= 15 is 0 Å². The van der Waals surface area contributed by atoms with Crippen LogP contribution >= 0.6 is 0 Å². The second-order valence-electron chi connectivity index (χ2n) is 4.32. The molecule has 0 saturated carbocycles. The van der Waals surface area contributed by atoms with Crippen LogP contribution in [0, 0.1) is 5.92 Å². The van der Waals surface area contributed by atoms with E-state index in [-0.39, 0.29) is 0 Å². The van der Waals surface area contributed by atoms with Gasteiger partial charge in [-0.2, -0.15) is 0 Å². The second-order valence-corrected chi connectivity index (χ2v) is 4.32. The van der Waals surface area contributed by atoms with E-state index in [4.69, 9.17) is 4.74 Å². The van der Waals surface area contributed by atoms with E-state index in [1.165, 1.54) is 12.8 Å². The van der Waals surface area contributed by atoms with Crippen LogP contribution in [0.25, 0.3) is 0 Å². The topological polar surface area (TPSA) is 34.1 Å². The molecule has 0 amide bonds. The minimum atomic E-state index is 0.702. The molecule has 3 nitrogen and oxygen atoms in total. The summed E-state index contributed by atoms with van der Waals surface area (Å²) in [7, 11) is 0. The van der Waals surface area contributed by atoms with Crippen LogP contribution in [0.4, 0.5) is 0 Å². The lowest BCUT2D eigenvalue weighted by molar-refractivity contribution is 0.312. The van der Waals surface area contributed by atoms with Crippen LogP contribution in [0.15, 0.2) is 24.5 Å². The predicted octanol–water partition coefficient (Wildman–Crippen LogP) is 2.49. The SMILES string of the molecule is CC(C)CCCNCCOc1cccnc1. The molecule has 0 bridgehead atoms. The maximum Gasteiger partial charge on any atom is 0.137 e. The molecule has 1 aromatic heterocycles. The Hall–Kier alpha value is -1.09. The average Bonchev–Trinajstić information content (AvgIpc) is 2.29. The Bertz CT molecular complexity index is 262. The summed E-state index contributed by atoms with van der Waals surface area (Å²) in [6.07, 6.45) is 6.01. The lowest BCUT2D eigenvalue weighted by Crippen LogP contribution is -2.22. The number of nitrogens with zero attached hydrogens (tertiary/aromatic N) is 1. The van der Waals surface area contributed by atoms with Gasteiger partial charge in [0.2, 0.25) is 0 Å². The van der Waals surface area contributed by atoms with Gasteiger partial charge in [-0.1, -0.05) is 13.8 Å². The van der Waals surface area contributed by atoms with Gasteiger partial charge in [0.15, 0.2) is 0 Å².